The topological polar surface area (TPSA) is 39.2 Å². The highest BCUT2D eigenvalue weighted by Crippen LogP contribution is 2.23. The van der Waals surface area contributed by atoms with Crippen molar-refractivity contribution >= 4 is 40.7 Å². The highest BCUT2D eigenvalue weighted by molar-refractivity contribution is 7.99. The highest BCUT2D eigenvalue weighted by Gasteiger charge is 2.08. The van der Waals surface area contributed by atoms with Crippen LogP contribution in [0.15, 0.2) is 60.0 Å². The first-order valence-electron chi connectivity index (χ1n) is 7.68. The summed E-state index contributed by atoms with van der Waals surface area (Å²) in [6.07, 6.45) is 0. The van der Waals surface area contributed by atoms with Gasteiger partial charge in [0, 0.05) is 21.7 Å². The molecule has 0 N–H and O–H groups in total. The van der Waals surface area contributed by atoms with Gasteiger partial charge in [0.25, 0.3) is 0 Å². The van der Waals surface area contributed by atoms with Crippen LogP contribution in [0.5, 0.6) is 0 Å². The van der Waals surface area contributed by atoms with Crippen molar-refractivity contribution < 1.29 is 9.53 Å². The first kappa shape index (κ1) is 18.0. The van der Waals surface area contributed by atoms with E-state index in [1.807, 2.05) is 60.0 Å². The molecule has 2 aromatic carbocycles. The van der Waals surface area contributed by atoms with Gasteiger partial charge in [0.2, 0.25) is 0 Å². The predicted molar refractivity (Wildman–Crippen MR) is 105 cm³/mol. The summed E-state index contributed by atoms with van der Waals surface area (Å²) in [6.45, 7) is 0.208. The number of thioether (sulfide) groups is 1. The van der Waals surface area contributed by atoms with E-state index in [1.54, 1.807) is 11.3 Å². The van der Waals surface area contributed by atoms with Gasteiger partial charge in [-0.05, 0) is 17.7 Å². The second-order valence-corrected chi connectivity index (χ2v) is 7.57. The maximum absolute atomic E-state index is 11.9. The van der Waals surface area contributed by atoms with Crippen LogP contribution in [-0.2, 0) is 21.9 Å². The van der Waals surface area contributed by atoms with E-state index in [2.05, 4.69) is 4.98 Å². The summed E-state index contributed by atoms with van der Waals surface area (Å²) < 4.78 is 5.30. The molecule has 1 heterocycles. The van der Waals surface area contributed by atoms with E-state index < -0.39 is 0 Å². The smallest absolute Gasteiger partial charge is 0.316 e. The number of hydrogen-bond acceptors (Lipinski definition) is 5. The monoisotopic (exact) mass is 389 g/mol. The van der Waals surface area contributed by atoms with Gasteiger partial charge in [0.15, 0.2) is 0 Å². The summed E-state index contributed by atoms with van der Waals surface area (Å²) in [4.78, 5) is 16.4. The molecule has 0 aliphatic heterocycles. The lowest BCUT2D eigenvalue weighted by Crippen LogP contribution is -2.07. The van der Waals surface area contributed by atoms with Gasteiger partial charge in [0.1, 0.15) is 11.6 Å². The number of halogens is 1. The molecule has 3 aromatic rings. The van der Waals surface area contributed by atoms with Gasteiger partial charge in [-0.3, -0.25) is 4.79 Å². The van der Waals surface area contributed by atoms with Gasteiger partial charge in [-0.15, -0.1) is 23.1 Å². The molecule has 0 saturated carbocycles. The van der Waals surface area contributed by atoms with Crippen molar-refractivity contribution in [1.82, 2.24) is 4.98 Å². The fourth-order valence-corrected chi connectivity index (χ4v) is 3.95. The lowest BCUT2D eigenvalue weighted by molar-refractivity contribution is -0.141. The summed E-state index contributed by atoms with van der Waals surface area (Å²) in [5.74, 6) is 0.800. The molecule has 0 saturated heterocycles. The third-order valence-corrected chi connectivity index (χ3v) is 5.48. The average Bonchev–Trinajstić information content (AvgIpc) is 3.10. The Hall–Kier alpha value is -1.82. The normalized spacial score (nSPS) is 10.6. The summed E-state index contributed by atoms with van der Waals surface area (Å²) >= 11 is 9.00. The maximum atomic E-state index is 11.9. The summed E-state index contributed by atoms with van der Waals surface area (Å²) in [6, 6.07) is 17.6. The minimum Gasteiger partial charge on any atom is -0.459 e. The molecule has 0 bridgehead atoms. The zero-order valence-electron chi connectivity index (χ0n) is 13.4. The molecule has 0 unspecified atom stereocenters. The van der Waals surface area contributed by atoms with Crippen LogP contribution in [0.4, 0.5) is 0 Å². The second-order valence-electron chi connectivity index (χ2n) is 5.29. The third-order valence-electron chi connectivity index (χ3n) is 3.33. The number of ether oxygens (including phenoxy) is 1. The first-order valence-corrected chi connectivity index (χ1v) is 10.1. The van der Waals surface area contributed by atoms with E-state index in [-0.39, 0.29) is 12.6 Å². The van der Waals surface area contributed by atoms with E-state index in [0.717, 1.165) is 27.6 Å². The van der Waals surface area contributed by atoms with Crippen LogP contribution in [0.3, 0.4) is 0 Å². The molecule has 6 heteroatoms. The maximum Gasteiger partial charge on any atom is 0.316 e. The lowest BCUT2D eigenvalue weighted by Gasteiger charge is -2.04. The molecule has 0 amide bonds. The Bertz CT molecular complexity index is 836. The van der Waals surface area contributed by atoms with Crippen LogP contribution < -0.4 is 0 Å². The largest absolute Gasteiger partial charge is 0.459 e. The van der Waals surface area contributed by atoms with Gasteiger partial charge < -0.3 is 4.74 Å². The fourth-order valence-electron chi connectivity index (χ4n) is 2.16. The minimum absolute atomic E-state index is 0.208. The molecule has 0 radical (unpaired) electrons. The molecular weight excluding hydrogens is 374 g/mol. The number of nitrogens with zero attached hydrogens (tertiary/aromatic N) is 1. The van der Waals surface area contributed by atoms with Gasteiger partial charge >= 0.3 is 5.97 Å². The quantitative estimate of drug-likeness (QED) is 0.504. The Kier molecular flexibility index (Phi) is 6.50. The summed E-state index contributed by atoms with van der Waals surface area (Å²) in [5.41, 5.74) is 2.94. The van der Waals surface area contributed by atoms with Crippen LogP contribution in [0.25, 0.3) is 10.6 Å². The van der Waals surface area contributed by atoms with Gasteiger partial charge in [-0.2, -0.15) is 0 Å². The zero-order valence-corrected chi connectivity index (χ0v) is 15.7. The summed E-state index contributed by atoms with van der Waals surface area (Å²) in [5, 5.41) is 3.56. The van der Waals surface area contributed by atoms with E-state index in [9.17, 15) is 4.79 Å². The highest BCUT2D eigenvalue weighted by atomic mass is 35.5. The molecule has 0 aliphatic rings. The Morgan fingerprint density at radius 1 is 1.16 bits per heavy atom. The minimum atomic E-state index is -0.235. The molecule has 0 atom stereocenters. The van der Waals surface area contributed by atoms with Crippen molar-refractivity contribution in [3.8, 4) is 10.6 Å². The average molecular weight is 390 g/mol. The number of thiazole rings is 1. The van der Waals surface area contributed by atoms with E-state index in [4.69, 9.17) is 16.3 Å². The Balaban J connectivity index is 1.43. The molecular formula is C19H16ClNO2S2. The molecule has 128 valence electrons. The molecule has 0 fully saturated rings. The van der Waals surface area contributed by atoms with Crippen LogP contribution >= 0.6 is 34.7 Å². The SMILES string of the molecule is O=C(CSCc1cccc(Cl)c1)OCc1csc(-c2ccccc2)n1. The zero-order chi connectivity index (χ0) is 17.5. The Labute approximate surface area is 160 Å². The third kappa shape index (κ3) is 5.59. The fraction of sp³-hybridized carbons (Fsp3) is 0.158. The van der Waals surface area contributed by atoms with Crippen molar-refractivity contribution in [3.63, 3.8) is 0 Å². The van der Waals surface area contributed by atoms with Crippen LogP contribution in [0.2, 0.25) is 5.02 Å². The number of rotatable bonds is 7. The van der Waals surface area contributed by atoms with Gasteiger partial charge in [0.05, 0.1) is 11.4 Å². The van der Waals surface area contributed by atoms with Crippen LogP contribution in [0, 0.1) is 0 Å². The van der Waals surface area contributed by atoms with Crippen molar-refractivity contribution in [1.29, 1.82) is 0 Å². The molecule has 0 aliphatic carbocycles. The van der Waals surface area contributed by atoms with Crippen LogP contribution in [-0.4, -0.2) is 16.7 Å². The Morgan fingerprint density at radius 3 is 2.80 bits per heavy atom. The van der Waals surface area contributed by atoms with Crippen LogP contribution in [0.1, 0.15) is 11.3 Å². The first-order chi connectivity index (χ1) is 12.2. The van der Waals surface area contributed by atoms with E-state index in [1.165, 1.54) is 11.8 Å². The van der Waals surface area contributed by atoms with Crippen molar-refractivity contribution in [2.75, 3.05) is 5.75 Å². The molecule has 1 aromatic heterocycles. The second kappa shape index (κ2) is 9.04. The van der Waals surface area contributed by atoms with E-state index in [0.29, 0.717) is 10.8 Å². The predicted octanol–water partition coefficient (Wildman–Crippen LogP) is 5.44. The number of benzene rings is 2. The van der Waals surface area contributed by atoms with E-state index >= 15 is 0 Å². The van der Waals surface area contributed by atoms with Crippen molar-refractivity contribution in [2.45, 2.75) is 12.4 Å². The molecule has 3 rings (SSSR count). The number of aromatic nitrogens is 1. The van der Waals surface area contributed by atoms with Crippen molar-refractivity contribution in [2.24, 2.45) is 0 Å². The number of carbonyl (C=O) groups is 1. The van der Waals surface area contributed by atoms with Crippen molar-refractivity contribution in [3.05, 3.63) is 76.3 Å². The van der Waals surface area contributed by atoms with Gasteiger partial charge in [-0.1, -0.05) is 54.1 Å². The molecule has 0 spiro atoms. The standard InChI is InChI=1S/C19H16ClNO2S2/c20-16-8-4-5-14(9-16)11-24-13-18(22)23-10-17-12-25-19(21-17)15-6-2-1-3-7-15/h1-9,12H,10-11,13H2. The molecule has 25 heavy (non-hydrogen) atoms. The Morgan fingerprint density at radius 2 is 2.00 bits per heavy atom. The summed E-state index contributed by atoms with van der Waals surface area (Å²) in [7, 11) is 0. The lowest BCUT2D eigenvalue weighted by atomic mass is 10.2. The number of esters is 1. The number of carbonyl (C=O) groups excluding carboxylic acids is 1. The molecule has 3 nitrogen and oxygen atoms in total. The number of hydrogen-bond donors (Lipinski definition) is 0. The van der Waals surface area contributed by atoms with Gasteiger partial charge in [-0.25, -0.2) is 4.98 Å².